The number of hydrogen-bond donors (Lipinski definition) is 2. The van der Waals surface area contributed by atoms with Crippen LogP contribution in [0.1, 0.15) is 33.6 Å². The zero-order chi connectivity index (χ0) is 9.72. The zero-order valence-electron chi connectivity index (χ0n) is 7.82. The number of hydroxylamine groups is 2. The van der Waals surface area contributed by atoms with Crippen molar-refractivity contribution in [3.8, 4) is 0 Å². The van der Waals surface area contributed by atoms with Crippen molar-refractivity contribution < 1.29 is 15.1 Å². The van der Waals surface area contributed by atoms with Crippen LogP contribution in [0.15, 0.2) is 0 Å². The van der Waals surface area contributed by atoms with Crippen LogP contribution in [0.3, 0.4) is 0 Å². The minimum Gasteiger partial charge on any atom is -0.481 e. The van der Waals surface area contributed by atoms with Crippen molar-refractivity contribution in [3.05, 3.63) is 0 Å². The van der Waals surface area contributed by atoms with Gasteiger partial charge in [0, 0.05) is 12.1 Å². The Bertz CT molecular complexity index is 149. The first kappa shape index (κ1) is 11.4. The van der Waals surface area contributed by atoms with E-state index in [1.165, 1.54) is 0 Å². The second-order valence-corrected chi connectivity index (χ2v) is 3.08. The molecular weight excluding hydrogens is 158 g/mol. The Hall–Kier alpha value is -0.610. The van der Waals surface area contributed by atoms with E-state index in [1.807, 2.05) is 13.8 Å². The van der Waals surface area contributed by atoms with E-state index in [-0.39, 0.29) is 18.5 Å². The van der Waals surface area contributed by atoms with Gasteiger partial charge in [-0.15, -0.1) is 0 Å². The molecule has 72 valence electrons. The van der Waals surface area contributed by atoms with E-state index in [0.29, 0.717) is 0 Å². The number of carboxylic acid groups (broad SMARTS) is 1. The number of carbonyl (C=O) groups is 1. The number of rotatable bonds is 5. The first-order chi connectivity index (χ1) is 5.49. The smallest absolute Gasteiger partial charge is 0.305 e. The summed E-state index contributed by atoms with van der Waals surface area (Å²) in [7, 11) is 0. The molecule has 0 aliphatic rings. The van der Waals surface area contributed by atoms with Crippen molar-refractivity contribution in [1.29, 1.82) is 0 Å². The fraction of sp³-hybridized carbons (Fsp3) is 0.875. The second kappa shape index (κ2) is 5.11. The normalized spacial score (nSPS) is 16.1. The summed E-state index contributed by atoms with van der Waals surface area (Å²) in [6.07, 6.45) is 0.779. The molecule has 0 aromatic rings. The van der Waals surface area contributed by atoms with Crippen LogP contribution in [0.5, 0.6) is 0 Å². The van der Waals surface area contributed by atoms with E-state index < -0.39 is 5.97 Å². The molecule has 0 saturated carbocycles. The highest BCUT2D eigenvalue weighted by Gasteiger charge is 2.18. The summed E-state index contributed by atoms with van der Waals surface area (Å²) in [5.74, 6) is -0.884. The highest BCUT2D eigenvalue weighted by Crippen LogP contribution is 2.07. The third-order valence-electron chi connectivity index (χ3n) is 1.96. The van der Waals surface area contributed by atoms with Crippen LogP contribution in [0.2, 0.25) is 0 Å². The molecule has 0 heterocycles. The molecule has 0 spiro atoms. The molecule has 0 aliphatic heterocycles. The maximum atomic E-state index is 10.3. The summed E-state index contributed by atoms with van der Waals surface area (Å²) < 4.78 is 0. The van der Waals surface area contributed by atoms with Gasteiger partial charge in [0.2, 0.25) is 0 Å². The molecule has 0 aliphatic carbocycles. The Morgan fingerprint density at radius 1 is 1.42 bits per heavy atom. The highest BCUT2D eigenvalue weighted by atomic mass is 16.5. The molecule has 4 heteroatoms. The summed E-state index contributed by atoms with van der Waals surface area (Å²) >= 11 is 0. The summed E-state index contributed by atoms with van der Waals surface area (Å²) in [6, 6.07) is -0.309. The molecule has 0 radical (unpaired) electrons. The summed E-state index contributed by atoms with van der Waals surface area (Å²) in [5, 5.41) is 19.0. The van der Waals surface area contributed by atoms with E-state index in [2.05, 4.69) is 0 Å². The Kier molecular flexibility index (Phi) is 4.85. The van der Waals surface area contributed by atoms with Crippen LogP contribution < -0.4 is 0 Å². The lowest BCUT2D eigenvalue weighted by Crippen LogP contribution is -2.38. The average Bonchev–Trinajstić information content (AvgIpc) is 2.00. The van der Waals surface area contributed by atoms with Crippen molar-refractivity contribution in [2.75, 3.05) is 0 Å². The molecule has 0 aromatic heterocycles. The van der Waals surface area contributed by atoms with Crippen LogP contribution in [0.25, 0.3) is 0 Å². The van der Waals surface area contributed by atoms with Crippen LogP contribution in [0, 0.1) is 0 Å². The topological polar surface area (TPSA) is 60.8 Å². The maximum Gasteiger partial charge on any atom is 0.305 e. The van der Waals surface area contributed by atoms with Crippen molar-refractivity contribution in [3.63, 3.8) is 0 Å². The largest absolute Gasteiger partial charge is 0.481 e. The SMILES string of the molecule is CCC(C)N(O)C(C)CC(=O)O. The first-order valence-electron chi connectivity index (χ1n) is 4.18. The van der Waals surface area contributed by atoms with E-state index in [9.17, 15) is 10.0 Å². The minimum atomic E-state index is -0.884. The predicted octanol–water partition coefficient (Wildman–Crippen LogP) is 1.34. The van der Waals surface area contributed by atoms with E-state index in [1.54, 1.807) is 6.92 Å². The third kappa shape index (κ3) is 3.69. The fourth-order valence-corrected chi connectivity index (χ4v) is 0.968. The van der Waals surface area contributed by atoms with Crippen molar-refractivity contribution in [1.82, 2.24) is 5.06 Å². The molecule has 2 N–H and O–H groups in total. The number of carboxylic acids is 1. The highest BCUT2D eigenvalue weighted by molar-refractivity contribution is 5.67. The van der Waals surface area contributed by atoms with E-state index in [4.69, 9.17) is 5.11 Å². The van der Waals surface area contributed by atoms with Crippen LogP contribution in [-0.2, 0) is 4.79 Å². The lowest BCUT2D eigenvalue weighted by Gasteiger charge is -2.26. The van der Waals surface area contributed by atoms with Gasteiger partial charge in [-0.2, -0.15) is 5.06 Å². The van der Waals surface area contributed by atoms with Gasteiger partial charge < -0.3 is 10.3 Å². The van der Waals surface area contributed by atoms with Gasteiger partial charge in [0.05, 0.1) is 6.42 Å². The molecule has 0 bridgehead atoms. The number of nitrogens with zero attached hydrogens (tertiary/aromatic N) is 1. The summed E-state index contributed by atoms with van der Waals surface area (Å²) in [4.78, 5) is 10.3. The second-order valence-electron chi connectivity index (χ2n) is 3.08. The molecule has 0 saturated heterocycles. The molecule has 0 aromatic carbocycles. The molecule has 0 amide bonds. The number of aliphatic carboxylic acids is 1. The molecule has 0 fully saturated rings. The predicted molar refractivity (Wildman–Crippen MR) is 45.1 cm³/mol. The van der Waals surface area contributed by atoms with Crippen LogP contribution in [-0.4, -0.2) is 33.4 Å². The molecule has 2 atom stereocenters. The minimum absolute atomic E-state index is 0.0133. The molecule has 4 nitrogen and oxygen atoms in total. The molecule has 0 rings (SSSR count). The monoisotopic (exact) mass is 175 g/mol. The Labute approximate surface area is 72.8 Å². The average molecular weight is 175 g/mol. The van der Waals surface area contributed by atoms with Crippen molar-refractivity contribution in [2.45, 2.75) is 45.7 Å². The van der Waals surface area contributed by atoms with Gasteiger partial charge in [-0.05, 0) is 20.3 Å². The molecule has 12 heavy (non-hydrogen) atoms. The van der Waals surface area contributed by atoms with Crippen LogP contribution in [0.4, 0.5) is 0 Å². The van der Waals surface area contributed by atoms with Crippen molar-refractivity contribution >= 4 is 5.97 Å². The lowest BCUT2D eigenvalue weighted by atomic mass is 10.2. The van der Waals surface area contributed by atoms with Crippen molar-refractivity contribution in [2.24, 2.45) is 0 Å². The van der Waals surface area contributed by atoms with Gasteiger partial charge >= 0.3 is 5.97 Å². The van der Waals surface area contributed by atoms with Gasteiger partial charge in [0.1, 0.15) is 0 Å². The van der Waals surface area contributed by atoms with Gasteiger partial charge in [-0.1, -0.05) is 6.92 Å². The Balaban J connectivity index is 3.91. The van der Waals surface area contributed by atoms with E-state index in [0.717, 1.165) is 11.5 Å². The van der Waals surface area contributed by atoms with Gasteiger partial charge in [0.25, 0.3) is 0 Å². The van der Waals surface area contributed by atoms with Gasteiger partial charge in [-0.3, -0.25) is 4.79 Å². The zero-order valence-corrected chi connectivity index (χ0v) is 7.82. The third-order valence-corrected chi connectivity index (χ3v) is 1.96. The van der Waals surface area contributed by atoms with Gasteiger partial charge in [0.15, 0.2) is 0 Å². The summed E-state index contributed by atoms with van der Waals surface area (Å²) in [6.45, 7) is 5.50. The summed E-state index contributed by atoms with van der Waals surface area (Å²) in [5.41, 5.74) is 0. The van der Waals surface area contributed by atoms with Crippen LogP contribution >= 0.6 is 0 Å². The number of hydrogen-bond acceptors (Lipinski definition) is 3. The molecule has 2 unspecified atom stereocenters. The quantitative estimate of drug-likeness (QED) is 0.619. The Morgan fingerprint density at radius 2 is 1.92 bits per heavy atom. The fourth-order valence-electron chi connectivity index (χ4n) is 0.968. The van der Waals surface area contributed by atoms with Gasteiger partial charge in [-0.25, -0.2) is 0 Å². The lowest BCUT2D eigenvalue weighted by molar-refractivity contribution is -0.164. The standard InChI is InChI=1S/C8H17NO3/c1-4-6(2)9(12)7(3)5-8(10)11/h6-7,12H,4-5H2,1-3H3,(H,10,11). The molecular formula is C8H17NO3. The first-order valence-corrected chi connectivity index (χ1v) is 4.18. The Morgan fingerprint density at radius 3 is 2.25 bits per heavy atom. The van der Waals surface area contributed by atoms with E-state index >= 15 is 0 Å². The maximum absolute atomic E-state index is 10.3.